The number of likely N-dealkylation sites (N-methyl/N-ethyl adjacent to an activating group) is 1. The molecule has 0 bridgehead atoms. The van der Waals surface area contributed by atoms with E-state index in [1.54, 1.807) is 24.3 Å². The summed E-state index contributed by atoms with van der Waals surface area (Å²) in [5.74, 6) is -0.194. The first-order valence-corrected chi connectivity index (χ1v) is 7.43. The van der Waals surface area contributed by atoms with E-state index < -0.39 is 0 Å². The summed E-state index contributed by atoms with van der Waals surface area (Å²) in [7, 11) is 1.91. The minimum atomic E-state index is -0.121. The van der Waals surface area contributed by atoms with Crippen molar-refractivity contribution in [3.05, 3.63) is 60.2 Å². The molecule has 0 atom stereocenters. The average molecular weight is 311 g/mol. The number of carbonyl (C=O) groups excluding carboxylic acids is 2. The van der Waals surface area contributed by atoms with E-state index in [9.17, 15) is 9.59 Å². The van der Waals surface area contributed by atoms with Crippen molar-refractivity contribution in [1.29, 1.82) is 0 Å². The number of nitrogens with zero attached hydrogens (tertiary/aromatic N) is 1. The lowest BCUT2D eigenvalue weighted by Gasteiger charge is -2.16. The van der Waals surface area contributed by atoms with Crippen LogP contribution >= 0.6 is 0 Å². The Balaban J connectivity index is 1.83. The molecule has 2 N–H and O–H groups in total. The predicted molar refractivity (Wildman–Crippen MR) is 92.2 cm³/mol. The van der Waals surface area contributed by atoms with Crippen molar-refractivity contribution in [2.24, 2.45) is 0 Å². The third-order valence-electron chi connectivity index (χ3n) is 3.20. The Labute approximate surface area is 136 Å². The summed E-state index contributed by atoms with van der Waals surface area (Å²) in [6, 6.07) is 17.1. The molecule has 0 saturated carbocycles. The molecule has 0 aliphatic rings. The fourth-order valence-corrected chi connectivity index (χ4v) is 2.24. The zero-order valence-corrected chi connectivity index (χ0v) is 13.4. The van der Waals surface area contributed by atoms with Crippen LogP contribution in [0.5, 0.6) is 0 Å². The second kappa shape index (κ2) is 8.10. The van der Waals surface area contributed by atoms with Crippen LogP contribution in [0.15, 0.2) is 54.6 Å². The van der Waals surface area contributed by atoms with Crippen LogP contribution in [0, 0.1) is 0 Å². The first kappa shape index (κ1) is 16.7. The number of hydrogen-bond acceptors (Lipinski definition) is 3. The van der Waals surface area contributed by atoms with E-state index in [2.05, 4.69) is 10.6 Å². The lowest BCUT2D eigenvalue weighted by molar-refractivity contribution is -0.117. The molecule has 2 amide bonds. The van der Waals surface area contributed by atoms with Gasteiger partial charge in [0, 0.05) is 24.8 Å². The minimum Gasteiger partial charge on any atom is -0.326 e. The molecule has 0 spiro atoms. The van der Waals surface area contributed by atoms with Gasteiger partial charge in [-0.15, -0.1) is 0 Å². The maximum Gasteiger partial charge on any atom is 0.238 e. The lowest BCUT2D eigenvalue weighted by atomic mass is 10.2. The molecule has 0 aliphatic carbocycles. The van der Waals surface area contributed by atoms with Gasteiger partial charge >= 0.3 is 0 Å². The Kier molecular flexibility index (Phi) is 5.88. The number of anilines is 2. The van der Waals surface area contributed by atoms with E-state index in [0.717, 1.165) is 6.54 Å². The second-order valence-corrected chi connectivity index (χ2v) is 5.46. The molecule has 0 fully saturated rings. The first-order chi connectivity index (χ1) is 11.0. The Morgan fingerprint density at radius 3 is 2.04 bits per heavy atom. The smallest absolute Gasteiger partial charge is 0.238 e. The van der Waals surface area contributed by atoms with E-state index in [1.165, 1.54) is 12.5 Å². The Hall–Kier alpha value is -2.66. The van der Waals surface area contributed by atoms with E-state index in [-0.39, 0.29) is 11.8 Å². The summed E-state index contributed by atoms with van der Waals surface area (Å²) in [5.41, 5.74) is 2.58. The summed E-state index contributed by atoms with van der Waals surface area (Å²) < 4.78 is 0. The number of hydrogen-bond donors (Lipinski definition) is 2. The molecule has 5 heteroatoms. The van der Waals surface area contributed by atoms with Crippen LogP contribution in [-0.2, 0) is 16.1 Å². The highest BCUT2D eigenvalue weighted by molar-refractivity contribution is 5.93. The predicted octanol–water partition coefficient (Wildman–Crippen LogP) is 2.72. The quantitative estimate of drug-likeness (QED) is 0.862. The molecule has 0 aliphatic heterocycles. The number of amides is 2. The van der Waals surface area contributed by atoms with E-state index in [4.69, 9.17) is 0 Å². The van der Waals surface area contributed by atoms with Crippen molar-refractivity contribution in [2.75, 3.05) is 24.2 Å². The molecule has 23 heavy (non-hydrogen) atoms. The van der Waals surface area contributed by atoms with Crippen molar-refractivity contribution in [3.63, 3.8) is 0 Å². The van der Waals surface area contributed by atoms with Crippen molar-refractivity contribution in [1.82, 2.24) is 4.90 Å². The molecular weight excluding hydrogens is 290 g/mol. The van der Waals surface area contributed by atoms with E-state index in [0.29, 0.717) is 17.9 Å². The van der Waals surface area contributed by atoms with Gasteiger partial charge in [0.15, 0.2) is 0 Å². The molecule has 0 heterocycles. The van der Waals surface area contributed by atoms with Crippen molar-refractivity contribution < 1.29 is 9.59 Å². The van der Waals surface area contributed by atoms with Crippen LogP contribution in [0.3, 0.4) is 0 Å². The largest absolute Gasteiger partial charge is 0.326 e. The summed E-state index contributed by atoms with van der Waals surface area (Å²) in [4.78, 5) is 25.0. The monoisotopic (exact) mass is 311 g/mol. The minimum absolute atomic E-state index is 0.0734. The van der Waals surface area contributed by atoms with Crippen LogP contribution in [-0.4, -0.2) is 30.3 Å². The van der Waals surface area contributed by atoms with Gasteiger partial charge in [-0.25, -0.2) is 0 Å². The van der Waals surface area contributed by atoms with Gasteiger partial charge < -0.3 is 10.6 Å². The second-order valence-electron chi connectivity index (χ2n) is 5.46. The van der Waals surface area contributed by atoms with Gasteiger partial charge in [0.2, 0.25) is 11.8 Å². The standard InChI is InChI=1S/C18H21N3O2/c1-14(22)19-16-8-10-17(11-9-16)20-18(23)13-21(2)12-15-6-4-3-5-7-15/h3-11H,12-13H2,1-2H3,(H,19,22)(H,20,23). The molecule has 5 nitrogen and oxygen atoms in total. The fourth-order valence-electron chi connectivity index (χ4n) is 2.24. The van der Waals surface area contributed by atoms with Crippen LogP contribution in [0.25, 0.3) is 0 Å². The summed E-state index contributed by atoms with van der Waals surface area (Å²) in [5, 5.41) is 5.53. The van der Waals surface area contributed by atoms with Gasteiger partial charge in [0.25, 0.3) is 0 Å². The molecule has 2 rings (SSSR count). The van der Waals surface area contributed by atoms with Crippen LogP contribution in [0.2, 0.25) is 0 Å². The maximum absolute atomic E-state index is 12.1. The fraction of sp³-hybridized carbons (Fsp3) is 0.222. The van der Waals surface area contributed by atoms with Gasteiger partial charge in [-0.1, -0.05) is 30.3 Å². The van der Waals surface area contributed by atoms with Gasteiger partial charge in [-0.05, 0) is 36.9 Å². The molecule has 0 radical (unpaired) electrons. The van der Waals surface area contributed by atoms with Gasteiger partial charge in [-0.3, -0.25) is 14.5 Å². The highest BCUT2D eigenvalue weighted by Crippen LogP contribution is 2.13. The van der Waals surface area contributed by atoms with Crippen LogP contribution in [0.1, 0.15) is 12.5 Å². The van der Waals surface area contributed by atoms with Gasteiger partial charge in [0.1, 0.15) is 0 Å². The Bertz CT molecular complexity index is 654. The highest BCUT2D eigenvalue weighted by atomic mass is 16.2. The third kappa shape index (κ3) is 5.92. The molecule has 120 valence electrons. The zero-order chi connectivity index (χ0) is 16.7. The van der Waals surface area contributed by atoms with Crippen LogP contribution in [0.4, 0.5) is 11.4 Å². The number of carbonyl (C=O) groups is 2. The molecule has 2 aromatic carbocycles. The highest BCUT2D eigenvalue weighted by Gasteiger charge is 2.07. The maximum atomic E-state index is 12.1. The number of nitrogens with one attached hydrogen (secondary N) is 2. The molecule has 0 saturated heterocycles. The Morgan fingerprint density at radius 1 is 0.913 bits per heavy atom. The van der Waals surface area contributed by atoms with Gasteiger partial charge in [0.05, 0.1) is 6.54 Å². The van der Waals surface area contributed by atoms with E-state index >= 15 is 0 Å². The molecule has 0 unspecified atom stereocenters. The number of benzene rings is 2. The summed E-state index contributed by atoms with van der Waals surface area (Å²) in [6.07, 6.45) is 0. The Morgan fingerprint density at radius 2 is 1.48 bits per heavy atom. The topological polar surface area (TPSA) is 61.4 Å². The van der Waals surface area contributed by atoms with Crippen LogP contribution < -0.4 is 10.6 Å². The number of rotatable bonds is 6. The summed E-state index contributed by atoms with van der Waals surface area (Å²) in [6.45, 7) is 2.48. The normalized spacial score (nSPS) is 10.4. The van der Waals surface area contributed by atoms with Crippen molar-refractivity contribution in [3.8, 4) is 0 Å². The molecule has 2 aromatic rings. The lowest BCUT2D eigenvalue weighted by Crippen LogP contribution is -2.29. The van der Waals surface area contributed by atoms with Crippen molar-refractivity contribution >= 4 is 23.2 Å². The molecule has 0 aromatic heterocycles. The molecular formula is C18H21N3O2. The zero-order valence-electron chi connectivity index (χ0n) is 13.4. The SMILES string of the molecule is CC(=O)Nc1ccc(NC(=O)CN(C)Cc2ccccc2)cc1. The average Bonchev–Trinajstić information content (AvgIpc) is 2.49. The first-order valence-electron chi connectivity index (χ1n) is 7.43. The van der Waals surface area contributed by atoms with E-state index in [1.807, 2.05) is 42.3 Å². The summed E-state index contributed by atoms with van der Waals surface area (Å²) >= 11 is 0. The van der Waals surface area contributed by atoms with Crippen molar-refractivity contribution in [2.45, 2.75) is 13.5 Å². The van der Waals surface area contributed by atoms with Gasteiger partial charge in [-0.2, -0.15) is 0 Å². The third-order valence-corrected chi connectivity index (χ3v) is 3.20.